The van der Waals surface area contributed by atoms with Gasteiger partial charge in [-0.05, 0) is 20.8 Å². The van der Waals surface area contributed by atoms with Crippen molar-refractivity contribution in [2.75, 3.05) is 19.8 Å². The fraction of sp³-hybridized carbons (Fsp3) is 0.818. The fourth-order valence-electron chi connectivity index (χ4n) is 1.00. The Bertz CT molecular complexity index is 280. The summed E-state index contributed by atoms with van der Waals surface area (Å²) in [7, 11) is 0. The van der Waals surface area contributed by atoms with Gasteiger partial charge in [0.2, 0.25) is 0 Å². The molecule has 1 unspecified atom stereocenters. The third kappa shape index (κ3) is 7.57. The summed E-state index contributed by atoms with van der Waals surface area (Å²) in [6.45, 7) is 6.48. The zero-order valence-corrected chi connectivity index (χ0v) is 10.4. The standard InChI is InChI=1S/C11H19NO5/c1-11(2,3)17-10(14)12-5-4-9(13)16-7-8-6-15-8/h8H,4-7H2,1-3H3,(H,12,14). The topological polar surface area (TPSA) is 77.2 Å². The maximum atomic E-state index is 11.2. The van der Waals surface area contributed by atoms with Gasteiger partial charge in [0.15, 0.2) is 0 Å². The van der Waals surface area contributed by atoms with Gasteiger partial charge in [-0.2, -0.15) is 0 Å². The molecule has 98 valence electrons. The first-order chi connectivity index (χ1) is 7.87. The quantitative estimate of drug-likeness (QED) is 0.573. The number of hydrogen-bond donors (Lipinski definition) is 1. The molecular weight excluding hydrogens is 226 g/mol. The highest BCUT2D eigenvalue weighted by molar-refractivity contribution is 5.72. The number of esters is 1. The average Bonchev–Trinajstić information content (AvgIpc) is 2.95. The van der Waals surface area contributed by atoms with E-state index in [1.807, 2.05) is 0 Å². The lowest BCUT2D eigenvalue weighted by Gasteiger charge is -2.19. The highest BCUT2D eigenvalue weighted by atomic mass is 16.6. The Morgan fingerprint density at radius 1 is 1.41 bits per heavy atom. The minimum atomic E-state index is -0.534. The third-order valence-electron chi connectivity index (χ3n) is 1.83. The summed E-state index contributed by atoms with van der Waals surface area (Å²) < 4.78 is 14.8. The SMILES string of the molecule is CC(C)(C)OC(=O)NCCC(=O)OCC1CO1. The van der Waals surface area contributed by atoms with Crippen LogP contribution in [0.1, 0.15) is 27.2 Å². The van der Waals surface area contributed by atoms with Crippen LogP contribution in [0.4, 0.5) is 4.79 Å². The van der Waals surface area contributed by atoms with Gasteiger partial charge in [0, 0.05) is 6.54 Å². The number of epoxide rings is 1. The number of amides is 1. The number of nitrogens with one attached hydrogen (secondary N) is 1. The first-order valence-electron chi connectivity index (χ1n) is 5.61. The number of carbonyl (C=O) groups is 2. The Hall–Kier alpha value is -1.30. The van der Waals surface area contributed by atoms with Crippen molar-refractivity contribution < 1.29 is 23.8 Å². The molecule has 1 aliphatic rings. The second-order valence-electron chi connectivity index (χ2n) is 4.82. The summed E-state index contributed by atoms with van der Waals surface area (Å²) in [5.74, 6) is -0.350. The van der Waals surface area contributed by atoms with Crippen LogP contribution >= 0.6 is 0 Å². The Labute approximate surface area is 101 Å². The van der Waals surface area contributed by atoms with Crippen LogP contribution in [0.15, 0.2) is 0 Å². The Morgan fingerprint density at radius 2 is 2.06 bits per heavy atom. The lowest BCUT2D eigenvalue weighted by molar-refractivity contribution is -0.143. The number of alkyl carbamates (subject to hydrolysis) is 1. The van der Waals surface area contributed by atoms with E-state index in [2.05, 4.69) is 5.32 Å². The number of carbonyl (C=O) groups excluding carboxylic acids is 2. The number of hydrogen-bond acceptors (Lipinski definition) is 5. The highest BCUT2D eigenvalue weighted by Crippen LogP contribution is 2.09. The van der Waals surface area contributed by atoms with Crippen molar-refractivity contribution in [1.29, 1.82) is 0 Å². The molecule has 1 rings (SSSR count). The van der Waals surface area contributed by atoms with Gasteiger partial charge < -0.3 is 19.5 Å². The maximum Gasteiger partial charge on any atom is 0.407 e. The molecule has 0 radical (unpaired) electrons. The minimum Gasteiger partial charge on any atom is -0.463 e. The predicted molar refractivity (Wildman–Crippen MR) is 59.6 cm³/mol. The van der Waals surface area contributed by atoms with Crippen LogP contribution in [-0.4, -0.2) is 43.5 Å². The Morgan fingerprint density at radius 3 is 2.59 bits per heavy atom. The molecule has 17 heavy (non-hydrogen) atoms. The Balaban J connectivity index is 2.01. The first-order valence-corrected chi connectivity index (χ1v) is 5.61. The van der Waals surface area contributed by atoms with Crippen LogP contribution in [0.5, 0.6) is 0 Å². The van der Waals surface area contributed by atoms with Crippen LogP contribution in [0.3, 0.4) is 0 Å². The van der Waals surface area contributed by atoms with Gasteiger partial charge in [-0.25, -0.2) is 4.79 Å². The maximum absolute atomic E-state index is 11.2. The molecule has 1 aliphatic heterocycles. The smallest absolute Gasteiger partial charge is 0.407 e. The van der Waals surface area contributed by atoms with Gasteiger partial charge in [0.05, 0.1) is 13.0 Å². The molecule has 0 aromatic rings. The van der Waals surface area contributed by atoms with Gasteiger partial charge in [-0.1, -0.05) is 0 Å². The van der Waals surface area contributed by atoms with Gasteiger partial charge in [-0.3, -0.25) is 4.79 Å². The van der Waals surface area contributed by atoms with Crippen molar-refractivity contribution in [2.45, 2.75) is 38.9 Å². The van der Waals surface area contributed by atoms with Crippen LogP contribution < -0.4 is 5.32 Å². The van der Waals surface area contributed by atoms with Crippen molar-refractivity contribution in [1.82, 2.24) is 5.32 Å². The number of ether oxygens (including phenoxy) is 3. The summed E-state index contributed by atoms with van der Waals surface area (Å²) in [6, 6.07) is 0. The normalized spacial score (nSPS) is 18.4. The van der Waals surface area contributed by atoms with Gasteiger partial charge in [0.25, 0.3) is 0 Å². The molecule has 6 nitrogen and oxygen atoms in total. The van der Waals surface area contributed by atoms with Gasteiger partial charge in [0.1, 0.15) is 18.3 Å². The largest absolute Gasteiger partial charge is 0.463 e. The van der Waals surface area contributed by atoms with Gasteiger partial charge >= 0.3 is 12.1 Å². The molecule has 1 fully saturated rings. The van der Waals surface area contributed by atoms with E-state index in [9.17, 15) is 9.59 Å². The van der Waals surface area contributed by atoms with E-state index in [1.54, 1.807) is 20.8 Å². The van der Waals surface area contributed by atoms with E-state index >= 15 is 0 Å². The van der Waals surface area contributed by atoms with E-state index in [1.165, 1.54) is 0 Å². The third-order valence-corrected chi connectivity index (χ3v) is 1.83. The molecule has 1 N–H and O–H groups in total. The predicted octanol–water partition coefficient (Wildman–Crippen LogP) is 0.843. The molecule has 1 atom stereocenters. The van der Waals surface area contributed by atoms with E-state index in [-0.39, 0.29) is 25.0 Å². The monoisotopic (exact) mass is 245 g/mol. The average molecular weight is 245 g/mol. The fourth-order valence-corrected chi connectivity index (χ4v) is 1.00. The van der Waals surface area contributed by atoms with Crippen LogP contribution in [0, 0.1) is 0 Å². The van der Waals surface area contributed by atoms with Crippen LogP contribution in [-0.2, 0) is 19.0 Å². The molecule has 1 heterocycles. The summed E-state index contributed by atoms with van der Waals surface area (Å²) in [6.07, 6.45) is -0.333. The van der Waals surface area contributed by atoms with Crippen molar-refractivity contribution in [3.63, 3.8) is 0 Å². The van der Waals surface area contributed by atoms with E-state index in [0.29, 0.717) is 13.2 Å². The molecule has 1 saturated heterocycles. The lowest BCUT2D eigenvalue weighted by Crippen LogP contribution is -2.33. The molecule has 1 amide bonds. The molecule has 0 bridgehead atoms. The minimum absolute atomic E-state index is 0.0674. The first kappa shape index (κ1) is 13.8. The summed E-state index contributed by atoms with van der Waals surface area (Å²) in [5, 5.41) is 2.48. The summed E-state index contributed by atoms with van der Waals surface area (Å²) in [5.41, 5.74) is -0.534. The molecule has 6 heteroatoms. The molecular formula is C11H19NO5. The zero-order chi connectivity index (χ0) is 12.9. The van der Waals surface area contributed by atoms with Gasteiger partial charge in [-0.15, -0.1) is 0 Å². The van der Waals surface area contributed by atoms with E-state index in [0.717, 1.165) is 0 Å². The molecule has 0 spiro atoms. The second-order valence-corrected chi connectivity index (χ2v) is 4.82. The molecule has 0 aromatic carbocycles. The zero-order valence-electron chi connectivity index (χ0n) is 10.4. The highest BCUT2D eigenvalue weighted by Gasteiger charge is 2.24. The molecule has 0 aromatic heterocycles. The van der Waals surface area contributed by atoms with E-state index in [4.69, 9.17) is 14.2 Å². The van der Waals surface area contributed by atoms with Crippen LogP contribution in [0.2, 0.25) is 0 Å². The molecule has 0 aliphatic carbocycles. The van der Waals surface area contributed by atoms with Crippen LogP contribution in [0.25, 0.3) is 0 Å². The summed E-state index contributed by atoms with van der Waals surface area (Å²) >= 11 is 0. The number of rotatable bonds is 5. The van der Waals surface area contributed by atoms with Crippen molar-refractivity contribution >= 4 is 12.1 Å². The van der Waals surface area contributed by atoms with Crippen molar-refractivity contribution in [3.05, 3.63) is 0 Å². The Kier molecular flexibility index (Phi) is 4.74. The molecule has 0 saturated carbocycles. The summed E-state index contributed by atoms with van der Waals surface area (Å²) in [4.78, 5) is 22.4. The lowest BCUT2D eigenvalue weighted by atomic mass is 10.2. The van der Waals surface area contributed by atoms with Crippen molar-refractivity contribution in [3.8, 4) is 0 Å². The second kappa shape index (κ2) is 5.86. The van der Waals surface area contributed by atoms with Crippen molar-refractivity contribution in [2.24, 2.45) is 0 Å². The van der Waals surface area contributed by atoms with E-state index < -0.39 is 11.7 Å².